The lowest BCUT2D eigenvalue weighted by Crippen LogP contribution is -2.22. The third-order valence-electron chi connectivity index (χ3n) is 5.36. The Hall–Kier alpha value is -4.45. The van der Waals surface area contributed by atoms with E-state index in [1.54, 1.807) is 24.3 Å². The number of ether oxygens (including phenoxy) is 1. The van der Waals surface area contributed by atoms with Crippen LogP contribution in [0.15, 0.2) is 75.0 Å². The summed E-state index contributed by atoms with van der Waals surface area (Å²) in [6.07, 6.45) is 2.54. The van der Waals surface area contributed by atoms with Gasteiger partial charge in [-0.05, 0) is 48.9 Å². The topological polar surface area (TPSA) is 129 Å². The second kappa shape index (κ2) is 11.7. The predicted molar refractivity (Wildman–Crippen MR) is 144 cm³/mol. The van der Waals surface area contributed by atoms with Crippen LogP contribution in [-0.4, -0.2) is 33.3 Å². The van der Waals surface area contributed by atoms with Gasteiger partial charge in [0, 0.05) is 22.5 Å². The van der Waals surface area contributed by atoms with E-state index in [1.165, 1.54) is 47.3 Å². The number of hydrogen-bond donors (Lipinski definition) is 1. The second-order valence-electron chi connectivity index (χ2n) is 8.10. The van der Waals surface area contributed by atoms with Crippen molar-refractivity contribution in [2.24, 2.45) is 5.10 Å². The highest BCUT2D eigenvalue weighted by molar-refractivity contribution is 9.10. The van der Waals surface area contributed by atoms with E-state index in [2.05, 4.69) is 31.3 Å². The van der Waals surface area contributed by atoms with Crippen molar-refractivity contribution in [3.63, 3.8) is 0 Å². The molecule has 0 fully saturated rings. The van der Waals surface area contributed by atoms with E-state index in [4.69, 9.17) is 4.74 Å². The van der Waals surface area contributed by atoms with Crippen LogP contribution in [0.2, 0.25) is 0 Å². The first-order valence-corrected chi connectivity index (χ1v) is 12.3. The number of carbonyl (C=O) groups excluding carboxylic acids is 1. The maximum Gasteiger partial charge on any atom is 0.311 e. The molecule has 0 saturated heterocycles. The molecule has 1 N–H and O–H groups in total. The molecule has 194 valence electrons. The normalized spacial score (nSPS) is 11.1. The van der Waals surface area contributed by atoms with Gasteiger partial charge < -0.3 is 10.1 Å². The molecule has 0 aliphatic heterocycles. The smallest absolute Gasteiger partial charge is 0.311 e. The van der Waals surface area contributed by atoms with Crippen LogP contribution in [0, 0.1) is 15.9 Å². The van der Waals surface area contributed by atoms with Crippen molar-refractivity contribution in [2.75, 3.05) is 11.9 Å². The van der Waals surface area contributed by atoms with Crippen LogP contribution in [0.3, 0.4) is 0 Å². The van der Waals surface area contributed by atoms with Crippen LogP contribution in [0.1, 0.15) is 24.7 Å². The number of carbonyl (C=O) groups is 1. The summed E-state index contributed by atoms with van der Waals surface area (Å²) in [4.78, 5) is 40.8. The third kappa shape index (κ3) is 6.09. The number of amides is 1. The van der Waals surface area contributed by atoms with Crippen molar-refractivity contribution < 1.29 is 18.8 Å². The number of benzene rings is 3. The summed E-state index contributed by atoms with van der Waals surface area (Å²) in [5, 5.41) is 18.7. The lowest BCUT2D eigenvalue weighted by molar-refractivity contribution is -0.385. The molecule has 0 aliphatic rings. The first-order chi connectivity index (χ1) is 18.3. The van der Waals surface area contributed by atoms with Gasteiger partial charge in [-0.3, -0.25) is 19.7 Å². The van der Waals surface area contributed by atoms with Crippen LogP contribution in [0.25, 0.3) is 10.9 Å². The average molecular weight is 582 g/mol. The molecular formula is C26H21BrFN5O5. The molecule has 0 unspecified atom stereocenters. The number of hydrogen-bond acceptors (Lipinski definition) is 7. The third-order valence-corrected chi connectivity index (χ3v) is 5.85. The summed E-state index contributed by atoms with van der Waals surface area (Å²) in [6, 6.07) is 14.8. The molecule has 0 radical (unpaired) electrons. The summed E-state index contributed by atoms with van der Waals surface area (Å²) < 4.78 is 21.0. The Morgan fingerprint density at radius 1 is 1.24 bits per heavy atom. The Kier molecular flexibility index (Phi) is 8.22. The number of rotatable bonds is 9. The van der Waals surface area contributed by atoms with Gasteiger partial charge in [-0.1, -0.05) is 35.0 Å². The molecule has 4 rings (SSSR count). The summed E-state index contributed by atoms with van der Waals surface area (Å²) in [5.41, 5.74) is 0.0591. The van der Waals surface area contributed by atoms with Crippen molar-refractivity contribution in [3.05, 3.63) is 103 Å². The van der Waals surface area contributed by atoms with Crippen molar-refractivity contribution in [1.29, 1.82) is 0 Å². The number of para-hydroxylation sites is 1. The Bertz CT molecular complexity index is 1620. The van der Waals surface area contributed by atoms with E-state index >= 15 is 0 Å². The number of nitrogens with zero attached hydrogens (tertiary/aromatic N) is 4. The number of halogens is 2. The van der Waals surface area contributed by atoms with Crippen molar-refractivity contribution in [1.82, 2.24) is 9.66 Å². The van der Waals surface area contributed by atoms with Crippen molar-refractivity contribution in [3.8, 4) is 5.75 Å². The average Bonchev–Trinajstić information content (AvgIpc) is 2.89. The zero-order valence-electron chi connectivity index (χ0n) is 20.1. The molecule has 10 nitrogen and oxygen atoms in total. The minimum absolute atomic E-state index is 0.0321. The van der Waals surface area contributed by atoms with E-state index < -0.39 is 28.9 Å². The summed E-state index contributed by atoms with van der Waals surface area (Å²) >= 11 is 3.35. The van der Waals surface area contributed by atoms with Gasteiger partial charge in [0.25, 0.3) is 11.5 Å². The summed E-state index contributed by atoms with van der Waals surface area (Å²) in [5.74, 6) is -1.00. The van der Waals surface area contributed by atoms with E-state index in [-0.39, 0.29) is 17.0 Å². The van der Waals surface area contributed by atoms with E-state index in [0.29, 0.717) is 28.7 Å². The SMILES string of the molecule is CCCc1nc2ccc(Br)cc2c(=O)n1N=Cc1ccc(OCC(=O)Nc2ccccc2F)c([N+](=O)[O-])c1. The van der Waals surface area contributed by atoms with Crippen molar-refractivity contribution >= 4 is 50.3 Å². The molecule has 1 aromatic heterocycles. The van der Waals surface area contributed by atoms with Crippen LogP contribution < -0.4 is 15.6 Å². The van der Waals surface area contributed by atoms with Gasteiger partial charge >= 0.3 is 5.69 Å². The Labute approximate surface area is 224 Å². The maximum absolute atomic E-state index is 13.7. The molecule has 0 spiro atoms. The Morgan fingerprint density at radius 2 is 2.03 bits per heavy atom. The highest BCUT2D eigenvalue weighted by atomic mass is 79.9. The fraction of sp³-hybridized carbons (Fsp3) is 0.154. The van der Waals surface area contributed by atoms with E-state index in [0.717, 1.165) is 10.9 Å². The minimum atomic E-state index is -0.687. The van der Waals surface area contributed by atoms with E-state index in [1.807, 2.05) is 6.92 Å². The van der Waals surface area contributed by atoms with Crippen LogP contribution >= 0.6 is 15.9 Å². The van der Waals surface area contributed by atoms with Crippen LogP contribution in [-0.2, 0) is 11.2 Å². The molecule has 3 aromatic carbocycles. The fourth-order valence-electron chi connectivity index (χ4n) is 3.60. The standard InChI is InChI=1S/C26H21BrFN5O5/c1-2-5-24-30-20-10-9-17(27)13-18(20)26(35)32(24)29-14-16-8-11-23(22(12-16)33(36)37)38-15-25(34)31-21-7-4-3-6-19(21)28/h3-4,6-14H,2,5,15H2,1H3,(H,31,34). The number of fused-ring (bicyclic) bond motifs is 1. The number of nitro groups is 1. The van der Waals surface area contributed by atoms with Gasteiger partial charge in [0.1, 0.15) is 11.6 Å². The van der Waals surface area contributed by atoms with Gasteiger partial charge in [-0.15, -0.1) is 0 Å². The lowest BCUT2D eigenvalue weighted by atomic mass is 10.2. The largest absolute Gasteiger partial charge is 0.477 e. The predicted octanol–water partition coefficient (Wildman–Crippen LogP) is 5.06. The van der Waals surface area contributed by atoms with Crippen molar-refractivity contribution in [2.45, 2.75) is 19.8 Å². The number of aryl methyl sites for hydroxylation is 1. The number of aromatic nitrogens is 2. The molecule has 0 atom stereocenters. The minimum Gasteiger partial charge on any atom is -0.477 e. The molecule has 1 heterocycles. The van der Waals surface area contributed by atoms with Gasteiger partial charge in [-0.25, -0.2) is 9.37 Å². The van der Waals surface area contributed by atoms with Crippen LogP contribution in [0.5, 0.6) is 5.75 Å². The van der Waals surface area contributed by atoms with Crippen LogP contribution in [0.4, 0.5) is 15.8 Å². The maximum atomic E-state index is 13.7. The molecular weight excluding hydrogens is 561 g/mol. The lowest BCUT2D eigenvalue weighted by Gasteiger charge is -2.09. The number of nitro benzene ring substituents is 1. The monoisotopic (exact) mass is 581 g/mol. The fourth-order valence-corrected chi connectivity index (χ4v) is 3.96. The second-order valence-corrected chi connectivity index (χ2v) is 9.02. The van der Waals surface area contributed by atoms with Gasteiger partial charge in [0.05, 0.1) is 27.7 Å². The number of anilines is 1. The quantitative estimate of drug-likeness (QED) is 0.167. The molecule has 12 heteroatoms. The molecule has 1 amide bonds. The summed E-state index contributed by atoms with van der Waals surface area (Å²) in [6.45, 7) is 1.38. The first kappa shape index (κ1) is 26.6. The zero-order chi connectivity index (χ0) is 27.2. The number of nitrogens with one attached hydrogen (secondary N) is 1. The first-order valence-electron chi connectivity index (χ1n) is 11.5. The van der Waals surface area contributed by atoms with Gasteiger partial charge in [-0.2, -0.15) is 9.78 Å². The molecule has 0 bridgehead atoms. The molecule has 0 aliphatic carbocycles. The Morgan fingerprint density at radius 3 is 2.76 bits per heavy atom. The van der Waals surface area contributed by atoms with Gasteiger partial charge in [0.15, 0.2) is 12.4 Å². The van der Waals surface area contributed by atoms with Gasteiger partial charge in [0.2, 0.25) is 0 Å². The highest BCUT2D eigenvalue weighted by Crippen LogP contribution is 2.27. The molecule has 4 aromatic rings. The Balaban J connectivity index is 1.58. The van der Waals surface area contributed by atoms with E-state index in [9.17, 15) is 24.1 Å². The molecule has 0 saturated carbocycles. The molecule has 38 heavy (non-hydrogen) atoms. The highest BCUT2D eigenvalue weighted by Gasteiger charge is 2.18. The zero-order valence-corrected chi connectivity index (χ0v) is 21.6. The summed E-state index contributed by atoms with van der Waals surface area (Å²) in [7, 11) is 0.